The van der Waals surface area contributed by atoms with Gasteiger partial charge in [-0.25, -0.2) is 9.67 Å². The Labute approximate surface area is 117 Å². The molecule has 6 heteroatoms. The zero-order valence-electron chi connectivity index (χ0n) is 12.2. The number of oxime groups is 1. The zero-order valence-corrected chi connectivity index (χ0v) is 12.2. The molecule has 0 fully saturated rings. The van der Waals surface area contributed by atoms with E-state index >= 15 is 0 Å². The van der Waals surface area contributed by atoms with Crippen molar-refractivity contribution in [1.82, 2.24) is 14.8 Å². The number of aryl methyl sites for hydroxylation is 2. The summed E-state index contributed by atoms with van der Waals surface area (Å²) in [7, 11) is 0. The molecule has 20 heavy (non-hydrogen) atoms. The highest BCUT2D eigenvalue weighted by Gasteiger charge is 2.13. The number of amidine groups is 1. The summed E-state index contributed by atoms with van der Waals surface area (Å²) >= 11 is 0. The number of hydrogen-bond acceptors (Lipinski definition) is 4. The van der Waals surface area contributed by atoms with Crippen molar-refractivity contribution < 1.29 is 5.21 Å². The predicted octanol–water partition coefficient (Wildman–Crippen LogP) is 1.85. The summed E-state index contributed by atoms with van der Waals surface area (Å²) in [5, 5.41) is 16.4. The summed E-state index contributed by atoms with van der Waals surface area (Å²) in [5.74, 6) is 0.737. The van der Waals surface area contributed by atoms with Crippen LogP contribution in [-0.2, 0) is 6.42 Å². The average Bonchev–Trinajstić information content (AvgIpc) is 2.71. The molecule has 3 N–H and O–H groups in total. The van der Waals surface area contributed by atoms with Gasteiger partial charge < -0.3 is 10.9 Å². The molecule has 0 aliphatic heterocycles. The minimum atomic E-state index is 0.0639. The van der Waals surface area contributed by atoms with Crippen LogP contribution in [0.1, 0.15) is 35.1 Å². The SMILES string of the molecule is CCc1c(C)nn(-c2cc(/C(N)=N/O)cc(C)n2)c1C. The van der Waals surface area contributed by atoms with Gasteiger partial charge in [-0.15, -0.1) is 0 Å². The molecule has 0 amide bonds. The lowest BCUT2D eigenvalue weighted by atomic mass is 10.1. The first-order valence-corrected chi connectivity index (χ1v) is 6.50. The number of pyridine rings is 1. The van der Waals surface area contributed by atoms with Crippen LogP contribution in [0.4, 0.5) is 0 Å². The molecule has 106 valence electrons. The van der Waals surface area contributed by atoms with Gasteiger partial charge >= 0.3 is 0 Å². The van der Waals surface area contributed by atoms with Crippen molar-refractivity contribution in [2.75, 3.05) is 0 Å². The molecular weight excluding hydrogens is 254 g/mol. The smallest absolute Gasteiger partial charge is 0.170 e. The molecule has 0 spiro atoms. The van der Waals surface area contributed by atoms with Crippen molar-refractivity contribution >= 4 is 5.84 Å². The van der Waals surface area contributed by atoms with E-state index in [4.69, 9.17) is 10.9 Å². The lowest BCUT2D eigenvalue weighted by Gasteiger charge is -2.08. The van der Waals surface area contributed by atoms with E-state index < -0.39 is 0 Å². The fourth-order valence-corrected chi connectivity index (χ4v) is 2.37. The molecule has 6 nitrogen and oxygen atoms in total. The molecular formula is C14H19N5O. The Balaban J connectivity index is 2.61. The van der Waals surface area contributed by atoms with E-state index in [0.29, 0.717) is 11.4 Å². The maximum Gasteiger partial charge on any atom is 0.170 e. The third-order valence-corrected chi connectivity index (χ3v) is 3.36. The zero-order chi connectivity index (χ0) is 14.9. The predicted molar refractivity (Wildman–Crippen MR) is 77.5 cm³/mol. The fraction of sp³-hybridized carbons (Fsp3) is 0.357. The van der Waals surface area contributed by atoms with E-state index in [1.165, 1.54) is 5.56 Å². The van der Waals surface area contributed by atoms with Gasteiger partial charge in [-0.2, -0.15) is 5.10 Å². The van der Waals surface area contributed by atoms with E-state index in [9.17, 15) is 0 Å². The molecule has 2 heterocycles. The molecule has 0 radical (unpaired) electrons. The van der Waals surface area contributed by atoms with Crippen LogP contribution < -0.4 is 5.73 Å². The summed E-state index contributed by atoms with van der Waals surface area (Å²) in [5.41, 5.74) is 10.3. The number of hydrogen-bond donors (Lipinski definition) is 2. The molecule has 0 aromatic carbocycles. The normalized spacial score (nSPS) is 11.9. The Morgan fingerprint density at radius 2 is 2.05 bits per heavy atom. The van der Waals surface area contributed by atoms with Crippen LogP contribution in [0.25, 0.3) is 5.82 Å². The van der Waals surface area contributed by atoms with Gasteiger partial charge in [-0.05, 0) is 44.9 Å². The van der Waals surface area contributed by atoms with Gasteiger partial charge in [0.2, 0.25) is 0 Å². The standard InChI is InChI=1S/C14H19N5O/c1-5-12-9(3)17-19(10(12)4)13-7-11(14(15)18-20)6-8(2)16-13/h6-7,20H,5H2,1-4H3,(H2,15,18). The molecule has 0 bridgehead atoms. The summed E-state index contributed by atoms with van der Waals surface area (Å²) in [6, 6.07) is 3.53. The first-order chi connectivity index (χ1) is 9.47. The summed E-state index contributed by atoms with van der Waals surface area (Å²) in [6.45, 7) is 7.98. The topological polar surface area (TPSA) is 89.3 Å². The first kappa shape index (κ1) is 14.0. The number of nitrogens with two attached hydrogens (primary N) is 1. The van der Waals surface area contributed by atoms with E-state index in [2.05, 4.69) is 22.2 Å². The Morgan fingerprint density at radius 1 is 1.35 bits per heavy atom. The number of nitrogens with zero attached hydrogens (tertiary/aromatic N) is 4. The van der Waals surface area contributed by atoms with Crippen LogP contribution >= 0.6 is 0 Å². The Hall–Kier alpha value is -2.37. The van der Waals surface area contributed by atoms with Gasteiger partial charge in [0.15, 0.2) is 11.7 Å². The van der Waals surface area contributed by atoms with Gasteiger partial charge in [-0.3, -0.25) is 0 Å². The van der Waals surface area contributed by atoms with Crippen LogP contribution in [0, 0.1) is 20.8 Å². The molecule has 0 atom stereocenters. The third kappa shape index (κ3) is 2.36. The number of rotatable bonds is 3. The lowest BCUT2D eigenvalue weighted by molar-refractivity contribution is 0.318. The van der Waals surface area contributed by atoms with E-state index in [0.717, 1.165) is 23.5 Å². The second-order valence-corrected chi connectivity index (χ2v) is 4.76. The maximum atomic E-state index is 8.80. The molecule has 0 aliphatic carbocycles. The van der Waals surface area contributed by atoms with E-state index in [1.807, 2.05) is 20.8 Å². The molecule has 2 rings (SSSR count). The summed E-state index contributed by atoms with van der Waals surface area (Å²) in [4.78, 5) is 4.48. The van der Waals surface area contributed by atoms with E-state index in [1.54, 1.807) is 16.8 Å². The molecule has 2 aromatic rings. The van der Waals surface area contributed by atoms with E-state index in [-0.39, 0.29) is 5.84 Å². The van der Waals surface area contributed by atoms with Gasteiger partial charge in [0.05, 0.1) is 5.69 Å². The third-order valence-electron chi connectivity index (χ3n) is 3.36. The van der Waals surface area contributed by atoms with Crippen molar-refractivity contribution in [2.24, 2.45) is 10.9 Å². The Kier molecular flexibility index (Phi) is 3.74. The number of aromatic nitrogens is 3. The average molecular weight is 273 g/mol. The highest BCUT2D eigenvalue weighted by atomic mass is 16.4. The van der Waals surface area contributed by atoms with Crippen molar-refractivity contribution in [3.63, 3.8) is 0 Å². The maximum absolute atomic E-state index is 8.80. The molecule has 0 unspecified atom stereocenters. The van der Waals surface area contributed by atoms with Crippen LogP contribution in [0.3, 0.4) is 0 Å². The molecule has 0 aliphatic rings. The largest absolute Gasteiger partial charge is 0.409 e. The van der Waals surface area contributed by atoms with Crippen LogP contribution in [0.2, 0.25) is 0 Å². The fourth-order valence-electron chi connectivity index (χ4n) is 2.37. The second-order valence-electron chi connectivity index (χ2n) is 4.76. The van der Waals surface area contributed by atoms with Crippen molar-refractivity contribution in [3.8, 4) is 5.82 Å². The van der Waals surface area contributed by atoms with Crippen LogP contribution in [0.15, 0.2) is 17.3 Å². The first-order valence-electron chi connectivity index (χ1n) is 6.50. The minimum absolute atomic E-state index is 0.0639. The quantitative estimate of drug-likeness (QED) is 0.386. The summed E-state index contributed by atoms with van der Waals surface area (Å²) in [6.07, 6.45) is 0.927. The molecule has 0 saturated carbocycles. The van der Waals surface area contributed by atoms with Crippen molar-refractivity contribution in [3.05, 3.63) is 40.3 Å². The van der Waals surface area contributed by atoms with Crippen molar-refractivity contribution in [2.45, 2.75) is 34.1 Å². The minimum Gasteiger partial charge on any atom is -0.409 e. The second kappa shape index (κ2) is 5.32. The molecule has 2 aromatic heterocycles. The highest BCUT2D eigenvalue weighted by Crippen LogP contribution is 2.18. The van der Waals surface area contributed by atoms with Gasteiger partial charge in [-0.1, -0.05) is 12.1 Å². The van der Waals surface area contributed by atoms with Crippen LogP contribution in [-0.4, -0.2) is 25.8 Å². The van der Waals surface area contributed by atoms with Crippen LogP contribution in [0.5, 0.6) is 0 Å². The van der Waals surface area contributed by atoms with Gasteiger partial charge in [0.1, 0.15) is 0 Å². The lowest BCUT2D eigenvalue weighted by Crippen LogP contribution is -2.15. The molecule has 0 saturated heterocycles. The van der Waals surface area contributed by atoms with Crippen molar-refractivity contribution in [1.29, 1.82) is 0 Å². The monoisotopic (exact) mass is 273 g/mol. The highest BCUT2D eigenvalue weighted by molar-refractivity contribution is 5.97. The van der Waals surface area contributed by atoms with Gasteiger partial charge in [0, 0.05) is 17.0 Å². The van der Waals surface area contributed by atoms with Gasteiger partial charge in [0.25, 0.3) is 0 Å². The Morgan fingerprint density at radius 3 is 2.60 bits per heavy atom. The summed E-state index contributed by atoms with van der Waals surface area (Å²) < 4.78 is 1.80. The Bertz CT molecular complexity index is 672.